The molecule has 1 saturated carbocycles. The van der Waals surface area contributed by atoms with Gasteiger partial charge in [-0.25, -0.2) is 9.97 Å². The van der Waals surface area contributed by atoms with Gasteiger partial charge < -0.3 is 14.8 Å². The van der Waals surface area contributed by atoms with Crippen LogP contribution in [0.3, 0.4) is 0 Å². The number of amides is 1. The number of hydrogen-bond acceptors (Lipinski definition) is 5. The molecule has 1 N–H and O–H groups in total. The molecule has 0 radical (unpaired) electrons. The lowest BCUT2D eigenvalue weighted by atomic mass is 9.73. The standard InChI is InChI=1S/C21H24F3N5O2.3CH4/c1-11-18-19(28(3)12(2)20(31)27-18)26-16(25-11)8-13-6-14(7-13)10-29-5-4-15(9-17(29)30)21(22,23)24;;;/h4-5,9,12-14H,6-8,10H2,1-3H3,(H,27,31);3*1H4/t12-,13?,14?;;;/m0.../s1. The molecule has 1 aliphatic carbocycles. The number of alkyl halides is 3. The van der Waals surface area contributed by atoms with Gasteiger partial charge >= 0.3 is 6.18 Å². The molecule has 2 aliphatic rings. The van der Waals surface area contributed by atoms with Crippen molar-refractivity contribution in [1.29, 1.82) is 0 Å². The summed E-state index contributed by atoms with van der Waals surface area (Å²) in [4.78, 5) is 35.1. The molecule has 1 fully saturated rings. The van der Waals surface area contributed by atoms with E-state index >= 15 is 0 Å². The van der Waals surface area contributed by atoms with E-state index in [9.17, 15) is 22.8 Å². The summed E-state index contributed by atoms with van der Waals surface area (Å²) in [6.07, 6.45) is -0.893. The van der Waals surface area contributed by atoms with Crippen molar-refractivity contribution in [2.45, 2.75) is 74.2 Å². The first-order valence-electron chi connectivity index (χ1n) is 10.2. The average molecular weight is 484 g/mol. The van der Waals surface area contributed by atoms with Crippen LogP contribution >= 0.6 is 0 Å². The quantitative estimate of drug-likeness (QED) is 0.668. The number of halogens is 3. The first-order chi connectivity index (χ1) is 14.5. The smallest absolute Gasteiger partial charge is 0.346 e. The van der Waals surface area contributed by atoms with Crippen molar-refractivity contribution >= 4 is 17.4 Å². The van der Waals surface area contributed by atoms with E-state index in [0.717, 1.165) is 24.6 Å². The third-order valence-corrected chi connectivity index (χ3v) is 6.24. The SMILES string of the molecule is C.C.C.Cc1nc(CC2CC(Cn3ccc(C(F)(F)F)cc3=O)C2)nc2c1NC(=O)[C@H](C)N2C. The fraction of sp³-hybridized carbons (Fsp3) is 0.583. The van der Waals surface area contributed by atoms with Gasteiger partial charge in [0.25, 0.3) is 5.56 Å². The van der Waals surface area contributed by atoms with Gasteiger partial charge in [-0.3, -0.25) is 9.59 Å². The van der Waals surface area contributed by atoms with Crippen molar-refractivity contribution in [3.63, 3.8) is 0 Å². The van der Waals surface area contributed by atoms with Gasteiger partial charge in [-0.1, -0.05) is 22.3 Å². The van der Waals surface area contributed by atoms with Crippen molar-refractivity contribution < 1.29 is 18.0 Å². The molecule has 190 valence electrons. The number of fused-ring (bicyclic) bond motifs is 1. The molecule has 2 aromatic heterocycles. The Bertz CT molecular complexity index is 1080. The van der Waals surface area contributed by atoms with E-state index in [1.165, 1.54) is 10.8 Å². The van der Waals surface area contributed by atoms with Gasteiger partial charge in [-0.05, 0) is 44.6 Å². The number of carbonyl (C=O) groups excluding carboxylic acids is 1. The molecule has 0 saturated heterocycles. The summed E-state index contributed by atoms with van der Waals surface area (Å²) < 4.78 is 39.5. The number of anilines is 2. The molecule has 1 atom stereocenters. The molecule has 2 aromatic rings. The van der Waals surface area contributed by atoms with Crippen molar-refractivity contribution in [3.05, 3.63) is 45.8 Å². The van der Waals surface area contributed by atoms with Crippen LogP contribution in [0.5, 0.6) is 0 Å². The third-order valence-electron chi connectivity index (χ3n) is 6.24. The van der Waals surface area contributed by atoms with Crippen molar-refractivity contribution in [3.8, 4) is 0 Å². The van der Waals surface area contributed by atoms with Crippen LogP contribution in [0.4, 0.5) is 24.7 Å². The number of aromatic nitrogens is 3. The zero-order valence-corrected chi connectivity index (χ0v) is 17.5. The minimum absolute atomic E-state index is 0. The fourth-order valence-electron chi connectivity index (χ4n) is 4.26. The Kier molecular flexibility index (Phi) is 9.05. The molecule has 34 heavy (non-hydrogen) atoms. The minimum Gasteiger partial charge on any atom is -0.346 e. The van der Waals surface area contributed by atoms with E-state index in [2.05, 4.69) is 15.3 Å². The number of aryl methyl sites for hydroxylation is 1. The maximum Gasteiger partial charge on any atom is 0.416 e. The highest BCUT2D eigenvalue weighted by atomic mass is 19.4. The van der Waals surface area contributed by atoms with Crippen molar-refractivity contribution in [1.82, 2.24) is 14.5 Å². The van der Waals surface area contributed by atoms with Crippen LogP contribution in [0.15, 0.2) is 23.1 Å². The summed E-state index contributed by atoms with van der Waals surface area (Å²) in [5.74, 6) is 1.92. The second kappa shape index (κ2) is 10.6. The summed E-state index contributed by atoms with van der Waals surface area (Å²) >= 11 is 0. The maximum atomic E-state index is 12.7. The van der Waals surface area contributed by atoms with Gasteiger partial charge in [-0.15, -0.1) is 0 Å². The first kappa shape index (κ1) is 29.1. The molecule has 0 bridgehead atoms. The molecule has 4 rings (SSSR count). The van der Waals surface area contributed by atoms with E-state index in [0.29, 0.717) is 42.3 Å². The Morgan fingerprint density at radius 3 is 2.35 bits per heavy atom. The number of nitrogens with zero attached hydrogens (tertiary/aromatic N) is 4. The van der Waals surface area contributed by atoms with Gasteiger partial charge in [0.1, 0.15) is 17.6 Å². The Labute approximate surface area is 199 Å². The Morgan fingerprint density at radius 2 is 1.76 bits per heavy atom. The van der Waals surface area contributed by atoms with Crippen LogP contribution in [0, 0.1) is 18.8 Å². The van der Waals surface area contributed by atoms with Gasteiger partial charge in [-0.2, -0.15) is 13.2 Å². The van der Waals surface area contributed by atoms with E-state index in [1.807, 2.05) is 25.8 Å². The normalized spacial score (nSPS) is 21.2. The topological polar surface area (TPSA) is 80.1 Å². The van der Waals surface area contributed by atoms with Crippen molar-refractivity contribution in [2.75, 3.05) is 17.3 Å². The van der Waals surface area contributed by atoms with Gasteiger partial charge in [0.2, 0.25) is 5.91 Å². The highest BCUT2D eigenvalue weighted by Crippen LogP contribution is 2.38. The van der Waals surface area contributed by atoms with Crippen molar-refractivity contribution in [2.24, 2.45) is 11.8 Å². The van der Waals surface area contributed by atoms with Gasteiger partial charge in [0.15, 0.2) is 5.82 Å². The zero-order valence-electron chi connectivity index (χ0n) is 17.5. The van der Waals surface area contributed by atoms with E-state index in [4.69, 9.17) is 0 Å². The summed E-state index contributed by atoms with van der Waals surface area (Å²) in [6, 6.07) is 1.28. The molecule has 1 amide bonds. The molecule has 1 aliphatic heterocycles. The Balaban J connectivity index is 0.00000193. The maximum absolute atomic E-state index is 12.7. The second-order valence-electron chi connectivity index (χ2n) is 8.51. The third kappa shape index (κ3) is 5.59. The molecule has 0 aromatic carbocycles. The number of pyridine rings is 1. The molecule has 10 heteroatoms. The summed E-state index contributed by atoms with van der Waals surface area (Å²) in [5, 5.41) is 2.86. The molecule has 0 unspecified atom stereocenters. The Morgan fingerprint density at radius 1 is 1.12 bits per heavy atom. The number of nitrogens with one attached hydrogen (secondary N) is 1. The highest BCUT2D eigenvalue weighted by molar-refractivity contribution is 6.02. The summed E-state index contributed by atoms with van der Waals surface area (Å²) in [6.45, 7) is 4.06. The second-order valence-corrected chi connectivity index (χ2v) is 8.51. The lowest BCUT2D eigenvalue weighted by molar-refractivity contribution is -0.137. The number of rotatable bonds is 4. The first-order valence-corrected chi connectivity index (χ1v) is 10.2. The largest absolute Gasteiger partial charge is 0.416 e. The number of hydrogen-bond donors (Lipinski definition) is 1. The van der Waals surface area contributed by atoms with Crippen LogP contribution in [-0.4, -0.2) is 33.5 Å². The minimum atomic E-state index is -4.51. The Hall–Kier alpha value is -2.91. The lowest BCUT2D eigenvalue weighted by Crippen LogP contribution is -2.45. The molecular formula is C24H36F3N5O2. The van der Waals surface area contributed by atoms with Gasteiger partial charge in [0.05, 0.1) is 11.3 Å². The van der Waals surface area contributed by atoms with Crippen LogP contribution in [0.25, 0.3) is 0 Å². The van der Waals surface area contributed by atoms with Crippen LogP contribution in [0.1, 0.15) is 59.1 Å². The summed E-state index contributed by atoms with van der Waals surface area (Å²) in [7, 11) is 1.83. The predicted octanol–water partition coefficient (Wildman–Crippen LogP) is 4.92. The molecular weight excluding hydrogens is 447 g/mol. The monoisotopic (exact) mass is 483 g/mol. The van der Waals surface area contributed by atoms with E-state index in [-0.39, 0.29) is 40.1 Å². The molecule has 7 nitrogen and oxygen atoms in total. The lowest BCUT2D eigenvalue weighted by Gasteiger charge is -2.36. The van der Waals surface area contributed by atoms with Gasteiger partial charge in [0, 0.05) is 32.3 Å². The van der Waals surface area contributed by atoms with Crippen LogP contribution in [-0.2, 0) is 23.9 Å². The zero-order chi connectivity index (χ0) is 22.5. The number of likely N-dealkylation sites (N-methyl/N-ethyl adjacent to an activating group) is 1. The number of carbonyl (C=O) groups is 1. The predicted molar refractivity (Wildman–Crippen MR) is 129 cm³/mol. The van der Waals surface area contributed by atoms with E-state index < -0.39 is 17.3 Å². The average Bonchev–Trinajstić information content (AvgIpc) is 2.66. The van der Waals surface area contributed by atoms with Crippen LogP contribution < -0.4 is 15.8 Å². The highest BCUT2D eigenvalue weighted by Gasteiger charge is 2.34. The molecule has 3 heterocycles. The van der Waals surface area contributed by atoms with Crippen LogP contribution in [0.2, 0.25) is 0 Å². The fourth-order valence-corrected chi connectivity index (χ4v) is 4.26. The van der Waals surface area contributed by atoms with E-state index in [1.54, 1.807) is 0 Å². The summed E-state index contributed by atoms with van der Waals surface area (Å²) in [5.41, 5.74) is -0.191. The molecule has 0 spiro atoms.